The summed E-state index contributed by atoms with van der Waals surface area (Å²) >= 11 is 6.78. The van der Waals surface area contributed by atoms with Crippen molar-refractivity contribution in [1.29, 1.82) is 0 Å². The zero-order chi connectivity index (χ0) is 26.2. The molecule has 4 rings (SSSR count). The molecule has 1 saturated heterocycles. The van der Waals surface area contributed by atoms with Crippen molar-refractivity contribution in [2.24, 2.45) is 0 Å². The number of carboxylic acids is 1. The third-order valence-corrected chi connectivity index (χ3v) is 8.15. The number of fused-ring (bicyclic) bond motifs is 1. The van der Waals surface area contributed by atoms with Gasteiger partial charge in [0.05, 0.1) is 22.7 Å². The van der Waals surface area contributed by atoms with Crippen LogP contribution in [0.1, 0.15) is 68.9 Å². The molecule has 2 heterocycles. The molecular formula is C29H32N2O4S2. The molecule has 0 atom stereocenters. The van der Waals surface area contributed by atoms with E-state index in [1.165, 1.54) is 11.8 Å². The highest BCUT2D eigenvalue weighted by atomic mass is 32.2. The maximum absolute atomic E-state index is 13.6. The minimum atomic E-state index is -0.725. The first-order valence-electron chi connectivity index (χ1n) is 12.9. The second-order valence-corrected chi connectivity index (χ2v) is 11.0. The molecule has 37 heavy (non-hydrogen) atoms. The maximum atomic E-state index is 13.6. The first-order valence-corrected chi connectivity index (χ1v) is 14.1. The van der Waals surface area contributed by atoms with Crippen LogP contribution in [0, 0.1) is 0 Å². The van der Waals surface area contributed by atoms with Crippen molar-refractivity contribution in [3.8, 4) is 0 Å². The minimum absolute atomic E-state index is 0.158. The molecule has 0 unspecified atom stereocenters. The van der Waals surface area contributed by atoms with Crippen LogP contribution in [0.5, 0.6) is 0 Å². The topological polar surface area (TPSA) is 77.9 Å². The Labute approximate surface area is 227 Å². The summed E-state index contributed by atoms with van der Waals surface area (Å²) in [6.07, 6.45) is 8.18. The smallest absolute Gasteiger partial charge is 0.303 e. The van der Waals surface area contributed by atoms with Gasteiger partial charge in [-0.25, -0.2) is 0 Å². The first kappa shape index (κ1) is 27.1. The number of aliphatic carboxylic acids is 1. The van der Waals surface area contributed by atoms with E-state index in [-0.39, 0.29) is 18.2 Å². The number of carbonyl (C=O) groups excluding carboxylic acids is 2. The van der Waals surface area contributed by atoms with Gasteiger partial charge in [-0.15, -0.1) is 0 Å². The van der Waals surface area contributed by atoms with Gasteiger partial charge in [-0.3, -0.25) is 19.3 Å². The average molecular weight is 537 g/mol. The Morgan fingerprint density at radius 2 is 1.41 bits per heavy atom. The Morgan fingerprint density at radius 1 is 0.784 bits per heavy atom. The van der Waals surface area contributed by atoms with E-state index in [1.807, 2.05) is 54.6 Å². The molecule has 194 valence electrons. The molecule has 2 amide bonds. The molecule has 1 N–H and O–H groups in total. The van der Waals surface area contributed by atoms with Gasteiger partial charge in [-0.1, -0.05) is 111 Å². The second-order valence-electron chi connectivity index (χ2n) is 9.40. The number of carboxylic acid groups (broad SMARTS) is 1. The molecule has 8 heteroatoms. The molecule has 1 fully saturated rings. The highest BCUT2D eigenvalue weighted by molar-refractivity contribution is 8.26. The van der Waals surface area contributed by atoms with Gasteiger partial charge in [0.25, 0.3) is 11.8 Å². The molecule has 6 nitrogen and oxygen atoms in total. The van der Waals surface area contributed by atoms with E-state index < -0.39 is 5.97 Å². The van der Waals surface area contributed by atoms with Gasteiger partial charge >= 0.3 is 5.97 Å². The fourth-order valence-electron chi connectivity index (χ4n) is 4.77. The van der Waals surface area contributed by atoms with Crippen molar-refractivity contribution < 1.29 is 19.5 Å². The molecule has 0 aromatic heterocycles. The molecule has 0 radical (unpaired) electrons. The summed E-state index contributed by atoms with van der Waals surface area (Å²) in [5, 5.41) is 8.68. The first-order chi connectivity index (χ1) is 18.0. The van der Waals surface area contributed by atoms with Gasteiger partial charge < -0.3 is 10.0 Å². The number of nitrogens with zero attached hydrogens (tertiary/aromatic N) is 2. The molecule has 2 aliphatic heterocycles. The van der Waals surface area contributed by atoms with Gasteiger partial charge in [0.1, 0.15) is 4.32 Å². The van der Waals surface area contributed by atoms with Crippen LogP contribution < -0.4 is 4.90 Å². The number of hydrogen-bond acceptors (Lipinski definition) is 5. The van der Waals surface area contributed by atoms with E-state index in [0.29, 0.717) is 27.9 Å². The summed E-state index contributed by atoms with van der Waals surface area (Å²) < 4.78 is 0.512. The number of thioether (sulfide) groups is 1. The molecule has 2 aliphatic rings. The Hall–Kier alpha value is -2.97. The van der Waals surface area contributed by atoms with Crippen LogP contribution in [0.4, 0.5) is 5.69 Å². The number of amides is 2. The number of hydrogen-bond donors (Lipinski definition) is 1. The lowest BCUT2D eigenvalue weighted by Crippen LogP contribution is -2.30. The molecule has 0 bridgehead atoms. The van der Waals surface area contributed by atoms with Crippen molar-refractivity contribution >= 4 is 57.3 Å². The quantitative estimate of drug-likeness (QED) is 0.181. The normalized spacial score (nSPS) is 17.1. The monoisotopic (exact) mass is 536 g/mol. The molecule has 2 aromatic rings. The van der Waals surface area contributed by atoms with Crippen LogP contribution in [0.3, 0.4) is 0 Å². The largest absolute Gasteiger partial charge is 0.481 e. The van der Waals surface area contributed by atoms with Crippen molar-refractivity contribution in [2.45, 2.75) is 64.3 Å². The fraction of sp³-hybridized carbons (Fsp3) is 0.379. The Kier molecular flexibility index (Phi) is 9.52. The van der Waals surface area contributed by atoms with Crippen LogP contribution in [0.25, 0.3) is 5.57 Å². The van der Waals surface area contributed by atoms with Crippen LogP contribution >= 0.6 is 24.0 Å². The van der Waals surface area contributed by atoms with Crippen LogP contribution in [-0.4, -0.2) is 38.7 Å². The van der Waals surface area contributed by atoms with Gasteiger partial charge in [-0.05, 0) is 24.5 Å². The van der Waals surface area contributed by atoms with Gasteiger partial charge in [0, 0.05) is 18.5 Å². The predicted molar refractivity (Wildman–Crippen MR) is 152 cm³/mol. The number of benzene rings is 2. The third kappa shape index (κ3) is 6.67. The lowest BCUT2D eigenvalue weighted by molar-refractivity contribution is -0.137. The van der Waals surface area contributed by atoms with Crippen LogP contribution in [-0.2, 0) is 20.9 Å². The van der Waals surface area contributed by atoms with Crippen molar-refractivity contribution in [3.63, 3.8) is 0 Å². The van der Waals surface area contributed by atoms with Gasteiger partial charge in [0.2, 0.25) is 0 Å². The van der Waals surface area contributed by atoms with Crippen molar-refractivity contribution in [2.75, 3.05) is 11.4 Å². The molecule has 2 aromatic carbocycles. The number of para-hydroxylation sites is 1. The summed E-state index contributed by atoms with van der Waals surface area (Å²) in [5.74, 6) is -1.06. The maximum Gasteiger partial charge on any atom is 0.303 e. The standard InChI is InChI=1S/C29H32N2O4S2/c32-24(33)18-10-5-3-1-2-4-6-13-19-30-28(35)26(37-29(30)36)25-22-16-11-12-17-23(22)31(27(25)34)20-21-14-8-7-9-15-21/h7-9,11-12,14-17H,1-6,10,13,18-20H2,(H,32,33). The number of anilines is 1. The highest BCUT2D eigenvalue weighted by Crippen LogP contribution is 2.45. The molecule has 0 aliphatic carbocycles. The molecular weight excluding hydrogens is 504 g/mol. The number of unbranched alkanes of at least 4 members (excludes halogenated alkanes) is 7. The zero-order valence-electron chi connectivity index (χ0n) is 20.9. The second kappa shape index (κ2) is 13.0. The molecule has 0 spiro atoms. The van der Waals surface area contributed by atoms with Crippen LogP contribution in [0.2, 0.25) is 0 Å². The van der Waals surface area contributed by atoms with Crippen molar-refractivity contribution in [1.82, 2.24) is 4.90 Å². The summed E-state index contributed by atoms with van der Waals surface area (Å²) in [4.78, 5) is 41.3. The van der Waals surface area contributed by atoms with Crippen molar-refractivity contribution in [3.05, 3.63) is 70.6 Å². The summed E-state index contributed by atoms with van der Waals surface area (Å²) in [6.45, 7) is 1.00. The van der Waals surface area contributed by atoms with E-state index in [9.17, 15) is 14.4 Å². The zero-order valence-corrected chi connectivity index (χ0v) is 22.5. The summed E-state index contributed by atoms with van der Waals surface area (Å²) in [6, 6.07) is 17.5. The highest BCUT2D eigenvalue weighted by Gasteiger charge is 2.41. The van der Waals surface area contributed by atoms with E-state index in [1.54, 1.807) is 9.80 Å². The Balaban J connectivity index is 1.34. The minimum Gasteiger partial charge on any atom is -0.481 e. The fourth-order valence-corrected chi connectivity index (χ4v) is 6.15. The lowest BCUT2D eigenvalue weighted by atomic mass is 10.1. The van der Waals surface area contributed by atoms with E-state index in [2.05, 4.69) is 0 Å². The third-order valence-electron chi connectivity index (χ3n) is 6.71. The van der Waals surface area contributed by atoms with E-state index in [4.69, 9.17) is 17.3 Å². The average Bonchev–Trinajstić information content (AvgIpc) is 3.32. The summed E-state index contributed by atoms with van der Waals surface area (Å²) in [7, 11) is 0. The Morgan fingerprint density at radius 3 is 2.11 bits per heavy atom. The van der Waals surface area contributed by atoms with Gasteiger partial charge in [-0.2, -0.15) is 0 Å². The van der Waals surface area contributed by atoms with E-state index >= 15 is 0 Å². The molecule has 0 saturated carbocycles. The Bertz CT molecular complexity index is 1200. The van der Waals surface area contributed by atoms with E-state index in [0.717, 1.165) is 68.2 Å². The predicted octanol–water partition coefficient (Wildman–Crippen LogP) is 6.40. The lowest BCUT2D eigenvalue weighted by Gasteiger charge is -2.17. The summed E-state index contributed by atoms with van der Waals surface area (Å²) in [5.41, 5.74) is 3.08. The number of carbonyl (C=O) groups is 3. The SMILES string of the molecule is O=C(O)CCCCCCCCCCN1C(=O)C(=C2C(=O)N(Cc3ccccc3)c3ccccc32)SC1=S. The van der Waals surface area contributed by atoms with Gasteiger partial charge in [0.15, 0.2) is 0 Å². The van der Waals surface area contributed by atoms with Crippen LogP contribution in [0.15, 0.2) is 59.5 Å². The number of rotatable bonds is 13. The number of thiocarbonyl (C=S) groups is 1.